The zero-order valence-electron chi connectivity index (χ0n) is 12.5. The highest BCUT2D eigenvalue weighted by Crippen LogP contribution is 2.18. The first-order chi connectivity index (χ1) is 10.7. The van der Waals surface area contributed by atoms with E-state index in [-0.39, 0.29) is 6.04 Å². The van der Waals surface area contributed by atoms with Crippen molar-refractivity contribution < 1.29 is 9.26 Å². The summed E-state index contributed by atoms with van der Waals surface area (Å²) in [5.74, 6) is 2.11. The number of hydrogen-bond acceptors (Lipinski definition) is 6. The molecule has 118 valence electrons. The predicted octanol–water partition coefficient (Wildman–Crippen LogP) is 1.92. The summed E-state index contributed by atoms with van der Waals surface area (Å²) >= 11 is 5.83. The fourth-order valence-electron chi connectivity index (χ4n) is 2.39. The normalized spacial score (nSPS) is 19.3. The van der Waals surface area contributed by atoms with E-state index in [1.165, 1.54) is 0 Å². The van der Waals surface area contributed by atoms with E-state index in [1.54, 1.807) is 12.1 Å². The van der Waals surface area contributed by atoms with Crippen molar-refractivity contribution in [2.24, 2.45) is 0 Å². The SMILES string of the molecule is CN1CCNCC1c1noc(CCOc2ccc(Cl)cc2)n1. The maximum Gasteiger partial charge on any atom is 0.230 e. The molecule has 2 aromatic rings. The van der Waals surface area contributed by atoms with Crippen molar-refractivity contribution in [1.82, 2.24) is 20.4 Å². The second-order valence-electron chi connectivity index (χ2n) is 5.30. The Labute approximate surface area is 134 Å². The van der Waals surface area contributed by atoms with E-state index in [2.05, 4.69) is 27.4 Å². The van der Waals surface area contributed by atoms with Crippen LogP contribution in [0, 0.1) is 0 Å². The molecule has 22 heavy (non-hydrogen) atoms. The van der Waals surface area contributed by atoms with Gasteiger partial charge in [0.2, 0.25) is 5.89 Å². The van der Waals surface area contributed by atoms with Crippen molar-refractivity contribution in [2.45, 2.75) is 12.5 Å². The van der Waals surface area contributed by atoms with Gasteiger partial charge >= 0.3 is 0 Å². The first kappa shape index (κ1) is 15.3. The van der Waals surface area contributed by atoms with Crippen molar-refractivity contribution in [3.05, 3.63) is 41.0 Å². The number of rotatable bonds is 5. The largest absolute Gasteiger partial charge is 0.493 e. The molecule has 1 saturated heterocycles. The summed E-state index contributed by atoms with van der Waals surface area (Å²) in [5, 5.41) is 8.12. The monoisotopic (exact) mass is 322 g/mol. The highest BCUT2D eigenvalue weighted by molar-refractivity contribution is 6.30. The molecule has 0 amide bonds. The Balaban J connectivity index is 1.52. The molecule has 0 saturated carbocycles. The molecule has 1 aromatic heterocycles. The molecule has 1 aliphatic heterocycles. The van der Waals surface area contributed by atoms with Gasteiger partial charge in [-0.15, -0.1) is 0 Å². The molecule has 1 fully saturated rings. The number of likely N-dealkylation sites (N-methyl/N-ethyl adjacent to an activating group) is 1. The third kappa shape index (κ3) is 3.76. The Hall–Kier alpha value is -1.63. The number of halogens is 1. The van der Waals surface area contributed by atoms with E-state index in [4.69, 9.17) is 20.9 Å². The minimum Gasteiger partial charge on any atom is -0.493 e. The molecule has 0 aliphatic carbocycles. The third-order valence-electron chi connectivity index (χ3n) is 3.69. The van der Waals surface area contributed by atoms with Gasteiger partial charge in [-0.25, -0.2) is 0 Å². The number of piperazine rings is 1. The smallest absolute Gasteiger partial charge is 0.230 e. The average Bonchev–Trinajstić information content (AvgIpc) is 2.98. The van der Waals surface area contributed by atoms with E-state index in [1.807, 2.05) is 12.1 Å². The molecular weight excluding hydrogens is 304 g/mol. The molecule has 1 atom stereocenters. The number of aromatic nitrogens is 2. The first-order valence-electron chi connectivity index (χ1n) is 7.34. The zero-order chi connectivity index (χ0) is 15.4. The van der Waals surface area contributed by atoms with Gasteiger partial charge in [-0.05, 0) is 31.3 Å². The molecule has 7 heteroatoms. The fraction of sp³-hybridized carbons (Fsp3) is 0.467. The van der Waals surface area contributed by atoms with Crippen molar-refractivity contribution in [1.29, 1.82) is 0 Å². The summed E-state index contributed by atoms with van der Waals surface area (Å²) in [5.41, 5.74) is 0. The van der Waals surface area contributed by atoms with Gasteiger partial charge in [0.05, 0.1) is 19.1 Å². The van der Waals surface area contributed by atoms with Gasteiger partial charge < -0.3 is 14.6 Å². The molecule has 1 aliphatic rings. The van der Waals surface area contributed by atoms with Gasteiger partial charge in [-0.2, -0.15) is 4.98 Å². The summed E-state index contributed by atoms with van der Waals surface area (Å²) < 4.78 is 10.9. The minimum absolute atomic E-state index is 0.170. The summed E-state index contributed by atoms with van der Waals surface area (Å²) in [4.78, 5) is 6.70. The predicted molar refractivity (Wildman–Crippen MR) is 83.2 cm³/mol. The molecular formula is C15H19ClN4O2. The lowest BCUT2D eigenvalue weighted by molar-refractivity contribution is 0.190. The summed E-state index contributed by atoms with van der Waals surface area (Å²) in [6.45, 7) is 3.31. The van der Waals surface area contributed by atoms with Crippen LogP contribution in [0.25, 0.3) is 0 Å². The Morgan fingerprint density at radius 3 is 3.00 bits per heavy atom. The molecule has 1 aromatic carbocycles. The molecule has 1 unspecified atom stereocenters. The molecule has 0 bridgehead atoms. The topological polar surface area (TPSA) is 63.4 Å². The number of ether oxygens (including phenoxy) is 1. The maximum atomic E-state index is 5.83. The zero-order valence-corrected chi connectivity index (χ0v) is 13.2. The Bertz CT molecular complexity index is 602. The van der Waals surface area contributed by atoms with Gasteiger partial charge in [0.15, 0.2) is 5.82 Å². The Kier molecular flexibility index (Phi) is 4.92. The first-order valence-corrected chi connectivity index (χ1v) is 7.72. The highest BCUT2D eigenvalue weighted by Gasteiger charge is 2.25. The van der Waals surface area contributed by atoms with Crippen LogP contribution in [0.1, 0.15) is 17.8 Å². The molecule has 6 nitrogen and oxygen atoms in total. The molecule has 0 radical (unpaired) electrons. The van der Waals surface area contributed by atoms with Crippen LogP contribution in [0.3, 0.4) is 0 Å². The maximum absolute atomic E-state index is 5.83. The highest BCUT2D eigenvalue weighted by atomic mass is 35.5. The Morgan fingerprint density at radius 1 is 1.41 bits per heavy atom. The van der Waals surface area contributed by atoms with Crippen LogP contribution in [-0.2, 0) is 6.42 Å². The van der Waals surface area contributed by atoms with E-state index >= 15 is 0 Å². The lowest BCUT2D eigenvalue weighted by Crippen LogP contribution is -2.44. The number of nitrogens with one attached hydrogen (secondary N) is 1. The van der Waals surface area contributed by atoms with Crippen LogP contribution < -0.4 is 10.1 Å². The van der Waals surface area contributed by atoms with Crippen LogP contribution >= 0.6 is 11.6 Å². The van der Waals surface area contributed by atoms with Gasteiger partial charge in [0, 0.05) is 24.7 Å². The van der Waals surface area contributed by atoms with Crippen LogP contribution in [0.4, 0.5) is 0 Å². The standard InChI is InChI=1S/C15H19ClN4O2/c1-20-8-7-17-10-13(20)15-18-14(22-19-15)6-9-21-12-4-2-11(16)3-5-12/h2-5,13,17H,6-10H2,1H3. The molecule has 1 N–H and O–H groups in total. The van der Waals surface area contributed by atoms with Gasteiger partial charge in [0.25, 0.3) is 0 Å². The van der Waals surface area contributed by atoms with Gasteiger partial charge in [-0.3, -0.25) is 4.90 Å². The number of benzene rings is 1. The summed E-state index contributed by atoms with van der Waals surface area (Å²) in [7, 11) is 2.07. The van der Waals surface area contributed by atoms with Crippen molar-refractivity contribution in [3.8, 4) is 5.75 Å². The van der Waals surface area contributed by atoms with E-state index in [0.717, 1.165) is 31.2 Å². The number of hydrogen-bond donors (Lipinski definition) is 1. The molecule has 3 rings (SSSR count). The van der Waals surface area contributed by atoms with Crippen molar-refractivity contribution >= 4 is 11.6 Å². The van der Waals surface area contributed by atoms with Crippen molar-refractivity contribution in [3.63, 3.8) is 0 Å². The lowest BCUT2D eigenvalue weighted by Gasteiger charge is -2.30. The fourth-order valence-corrected chi connectivity index (χ4v) is 2.51. The summed E-state index contributed by atoms with van der Waals surface area (Å²) in [6, 6.07) is 7.44. The lowest BCUT2D eigenvalue weighted by atomic mass is 10.2. The quantitative estimate of drug-likeness (QED) is 0.907. The molecule has 2 heterocycles. The third-order valence-corrected chi connectivity index (χ3v) is 3.94. The van der Waals surface area contributed by atoms with Gasteiger partial charge in [0.1, 0.15) is 5.75 Å². The number of nitrogens with zero attached hydrogens (tertiary/aromatic N) is 3. The second kappa shape index (κ2) is 7.09. The van der Waals surface area contributed by atoms with E-state index in [9.17, 15) is 0 Å². The second-order valence-corrected chi connectivity index (χ2v) is 5.74. The Morgan fingerprint density at radius 2 is 2.23 bits per heavy atom. The van der Waals surface area contributed by atoms with Crippen LogP contribution in [-0.4, -0.2) is 48.3 Å². The summed E-state index contributed by atoms with van der Waals surface area (Å²) in [6.07, 6.45) is 0.583. The van der Waals surface area contributed by atoms with Crippen LogP contribution in [0.15, 0.2) is 28.8 Å². The average molecular weight is 323 g/mol. The van der Waals surface area contributed by atoms with Crippen LogP contribution in [0.5, 0.6) is 5.75 Å². The molecule has 0 spiro atoms. The van der Waals surface area contributed by atoms with E-state index in [0.29, 0.717) is 23.9 Å². The van der Waals surface area contributed by atoms with E-state index < -0.39 is 0 Å². The van der Waals surface area contributed by atoms with Gasteiger partial charge in [-0.1, -0.05) is 16.8 Å². The van der Waals surface area contributed by atoms with Crippen LogP contribution in [0.2, 0.25) is 5.02 Å². The minimum atomic E-state index is 0.170. The van der Waals surface area contributed by atoms with Crippen molar-refractivity contribution in [2.75, 3.05) is 33.3 Å².